The SMILES string of the molecule is CCOC(=O)C(C)CC(Cc1ccc(-c2ccccc2)cc1)NC(=O)CCC(=O)NC(Cc1c[nH]c2ccccc12)C(=O)O. The van der Waals surface area contributed by atoms with Crippen molar-refractivity contribution in [2.75, 3.05) is 6.61 Å². The van der Waals surface area contributed by atoms with Crippen LogP contribution < -0.4 is 10.6 Å². The largest absolute Gasteiger partial charge is 0.480 e. The molecule has 0 radical (unpaired) electrons. The van der Waals surface area contributed by atoms with E-state index in [0.29, 0.717) is 12.8 Å². The normalized spacial score (nSPS) is 13.0. The summed E-state index contributed by atoms with van der Waals surface area (Å²) in [6.45, 7) is 3.79. The van der Waals surface area contributed by atoms with Crippen LogP contribution in [-0.4, -0.2) is 52.5 Å². The maximum atomic E-state index is 13.0. The molecule has 4 aromatic rings. The highest BCUT2D eigenvalue weighted by atomic mass is 16.5. The number of nitrogens with one attached hydrogen (secondary N) is 3. The predicted molar refractivity (Wildman–Crippen MR) is 169 cm³/mol. The number of carboxylic acids is 1. The molecular weight excluding hydrogens is 558 g/mol. The van der Waals surface area contributed by atoms with E-state index in [9.17, 15) is 24.3 Å². The van der Waals surface area contributed by atoms with Crippen LogP contribution in [0.1, 0.15) is 44.2 Å². The van der Waals surface area contributed by atoms with Crippen LogP contribution in [-0.2, 0) is 36.8 Å². The molecule has 0 fully saturated rings. The summed E-state index contributed by atoms with van der Waals surface area (Å²) in [5.41, 5.74) is 4.83. The van der Waals surface area contributed by atoms with Crippen LogP contribution in [0.25, 0.3) is 22.0 Å². The number of aromatic nitrogens is 1. The molecule has 0 spiro atoms. The maximum absolute atomic E-state index is 13.0. The number of hydrogen-bond donors (Lipinski definition) is 4. The topological polar surface area (TPSA) is 138 Å². The van der Waals surface area contributed by atoms with Gasteiger partial charge in [0.15, 0.2) is 0 Å². The fourth-order valence-electron chi connectivity index (χ4n) is 5.26. The summed E-state index contributed by atoms with van der Waals surface area (Å²) in [7, 11) is 0. The van der Waals surface area contributed by atoms with E-state index in [1.807, 2.05) is 78.9 Å². The minimum absolute atomic E-state index is 0.105. The maximum Gasteiger partial charge on any atom is 0.326 e. The summed E-state index contributed by atoms with van der Waals surface area (Å²) in [5.74, 6) is -2.81. The molecule has 0 aliphatic rings. The number of benzene rings is 3. The number of aliphatic carboxylic acids is 1. The van der Waals surface area contributed by atoms with Crippen LogP contribution >= 0.6 is 0 Å². The smallest absolute Gasteiger partial charge is 0.326 e. The number of rotatable bonds is 15. The molecule has 1 aromatic heterocycles. The number of carbonyl (C=O) groups excluding carboxylic acids is 3. The average molecular weight is 598 g/mol. The number of aromatic amines is 1. The van der Waals surface area contributed by atoms with Crippen molar-refractivity contribution in [3.05, 3.63) is 96.2 Å². The lowest BCUT2D eigenvalue weighted by molar-refractivity contribution is -0.148. The fraction of sp³-hybridized carbons (Fsp3) is 0.314. The van der Waals surface area contributed by atoms with Gasteiger partial charge in [-0.05, 0) is 48.1 Å². The van der Waals surface area contributed by atoms with Gasteiger partial charge in [-0.2, -0.15) is 0 Å². The molecule has 0 aliphatic carbocycles. The summed E-state index contributed by atoms with van der Waals surface area (Å²) in [4.78, 5) is 53.0. The van der Waals surface area contributed by atoms with Gasteiger partial charge in [-0.3, -0.25) is 14.4 Å². The molecule has 3 unspecified atom stereocenters. The Kier molecular flexibility index (Phi) is 11.3. The molecule has 0 aliphatic heterocycles. The molecular formula is C35H39N3O6. The van der Waals surface area contributed by atoms with Crippen LogP contribution in [0.4, 0.5) is 0 Å². The molecule has 0 bridgehead atoms. The molecule has 230 valence electrons. The van der Waals surface area contributed by atoms with Gasteiger partial charge in [0.25, 0.3) is 0 Å². The van der Waals surface area contributed by atoms with Crippen LogP contribution in [0.2, 0.25) is 0 Å². The molecule has 0 saturated heterocycles. The Morgan fingerprint density at radius 1 is 0.818 bits per heavy atom. The highest BCUT2D eigenvalue weighted by molar-refractivity contribution is 5.88. The number of carboxylic acid groups (broad SMARTS) is 1. The van der Waals surface area contributed by atoms with E-state index in [2.05, 4.69) is 15.6 Å². The third-order valence-electron chi connectivity index (χ3n) is 7.55. The Bertz CT molecular complexity index is 1560. The van der Waals surface area contributed by atoms with E-state index in [0.717, 1.165) is 33.2 Å². The van der Waals surface area contributed by atoms with Crippen molar-refractivity contribution < 1.29 is 29.0 Å². The molecule has 3 atom stereocenters. The number of hydrogen-bond acceptors (Lipinski definition) is 5. The number of fused-ring (bicyclic) bond motifs is 1. The van der Waals surface area contributed by atoms with E-state index >= 15 is 0 Å². The quantitative estimate of drug-likeness (QED) is 0.142. The Hall–Kier alpha value is -4.92. The van der Waals surface area contributed by atoms with E-state index in [4.69, 9.17) is 4.74 Å². The summed E-state index contributed by atoms with van der Waals surface area (Å²) in [5, 5.41) is 16.2. The number of esters is 1. The molecule has 4 N–H and O–H groups in total. The van der Waals surface area contributed by atoms with Gasteiger partial charge in [0, 0.05) is 42.4 Å². The van der Waals surface area contributed by atoms with Gasteiger partial charge in [-0.25, -0.2) is 4.79 Å². The zero-order valence-corrected chi connectivity index (χ0v) is 25.0. The molecule has 3 aromatic carbocycles. The van der Waals surface area contributed by atoms with Crippen molar-refractivity contribution in [2.45, 2.75) is 58.0 Å². The number of carbonyl (C=O) groups is 4. The standard InChI is InChI=1S/C35H39N3O6/c1-3-44-35(43)23(2)19-28(20-24-13-15-26(16-14-24)25-9-5-4-6-10-25)37-32(39)17-18-33(40)38-31(34(41)42)21-27-22-36-30-12-8-7-11-29(27)30/h4-16,22-23,28,31,36H,3,17-21H2,1-2H3,(H,37,39)(H,38,40)(H,41,42). The molecule has 0 saturated carbocycles. The van der Waals surface area contributed by atoms with Gasteiger partial charge in [0.1, 0.15) is 6.04 Å². The lowest BCUT2D eigenvalue weighted by atomic mass is 9.94. The second kappa shape index (κ2) is 15.5. The molecule has 44 heavy (non-hydrogen) atoms. The average Bonchev–Trinajstić information content (AvgIpc) is 3.43. The van der Waals surface area contributed by atoms with Crippen molar-refractivity contribution in [2.24, 2.45) is 5.92 Å². The fourth-order valence-corrected chi connectivity index (χ4v) is 5.26. The minimum atomic E-state index is -1.15. The Morgan fingerprint density at radius 2 is 1.45 bits per heavy atom. The number of H-pyrrole nitrogens is 1. The third kappa shape index (κ3) is 9.04. The second-order valence-electron chi connectivity index (χ2n) is 10.9. The summed E-state index contributed by atoms with van der Waals surface area (Å²) >= 11 is 0. The van der Waals surface area contributed by atoms with Gasteiger partial charge >= 0.3 is 11.9 Å². The zero-order valence-electron chi connectivity index (χ0n) is 25.0. The van der Waals surface area contributed by atoms with Gasteiger partial charge in [-0.15, -0.1) is 0 Å². The van der Waals surface area contributed by atoms with Crippen LogP contribution in [0, 0.1) is 5.92 Å². The lowest BCUT2D eigenvalue weighted by Gasteiger charge is -2.22. The van der Waals surface area contributed by atoms with E-state index in [1.165, 1.54) is 0 Å². The van der Waals surface area contributed by atoms with Gasteiger partial charge in [0.2, 0.25) is 11.8 Å². The first kappa shape index (κ1) is 32.0. The number of amides is 2. The monoisotopic (exact) mass is 597 g/mol. The highest BCUT2D eigenvalue weighted by Gasteiger charge is 2.24. The Labute approximate surface area is 257 Å². The first-order valence-corrected chi connectivity index (χ1v) is 14.9. The molecule has 9 heteroatoms. The molecule has 2 amide bonds. The van der Waals surface area contributed by atoms with Crippen molar-refractivity contribution in [1.29, 1.82) is 0 Å². The summed E-state index contributed by atoms with van der Waals surface area (Å²) in [6, 6.07) is 24.1. The zero-order chi connectivity index (χ0) is 31.5. The first-order chi connectivity index (χ1) is 21.2. The molecule has 4 rings (SSSR count). The van der Waals surface area contributed by atoms with Crippen molar-refractivity contribution in [1.82, 2.24) is 15.6 Å². The minimum Gasteiger partial charge on any atom is -0.480 e. The van der Waals surface area contributed by atoms with Crippen LogP contribution in [0.3, 0.4) is 0 Å². The second-order valence-corrected chi connectivity index (χ2v) is 10.9. The van der Waals surface area contributed by atoms with E-state index < -0.39 is 23.8 Å². The van der Waals surface area contributed by atoms with Gasteiger partial charge < -0.3 is 25.5 Å². The van der Waals surface area contributed by atoms with Gasteiger partial charge in [0.05, 0.1) is 12.5 Å². The third-order valence-corrected chi connectivity index (χ3v) is 7.55. The summed E-state index contributed by atoms with van der Waals surface area (Å²) < 4.78 is 5.17. The van der Waals surface area contributed by atoms with Crippen LogP contribution in [0.15, 0.2) is 85.1 Å². The number of para-hydroxylation sites is 1. The lowest BCUT2D eigenvalue weighted by Crippen LogP contribution is -2.43. The van der Waals surface area contributed by atoms with Crippen LogP contribution in [0.5, 0.6) is 0 Å². The van der Waals surface area contributed by atoms with Crippen molar-refractivity contribution >= 4 is 34.7 Å². The summed E-state index contributed by atoms with van der Waals surface area (Å²) in [6.07, 6.45) is 2.41. The van der Waals surface area contributed by atoms with Crippen molar-refractivity contribution in [3.8, 4) is 11.1 Å². The Balaban J connectivity index is 1.35. The van der Waals surface area contributed by atoms with E-state index in [-0.39, 0.29) is 43.8 Å². The highest BCUT2D eigenvalue weighted by Crippen LogP contribution is 2.22. The van der Waals surface area contributed by atoms with Gasteiger partial charge in [-0.1, -0.05) is 79.7 Å². The van der Waals surface area contributed by atoms with E-state index in [1.54, 1.807) is 20.0 Å². The number of ether oxygens (including phenoxy) is 1. The Morgan fingerprint density at radius 3 is 2.14 bits per heavy atom. The first-order valence-electron chi connectivity index (χ1n) is 14.9. The molecule has 1 heterocycles. The molecule has 9 nitrogen and oxygen atoms in total. The van der Waals surface area contributed by atoms with Crippen molar-refractivity contribution in [3.63, 3.8) is 0 Å². The predicted octanol–water partition coefficient (Wildman–Crippen LogP) is 5.04.